The highest BCUT2D eigenvalue weighted by Crippen LogP contribution is 2.26. The Balaban J connectivity index is 2.21. The van der Waals surface area contributed by atoms with Gasteiger partial charge in [0, 0.05) is 38.3 Å². The number of hydrogen-bond donors (Lipinski definition) is 1. The van der Waals surface area contributed by atoms with E-state index in [-0.39, 0.29) is 0 Å². The summed E-state index contributed by atoms with van der Waals surface area (Å²) in [6.07, 6.45) is 0. The third kappa shape index (κ3) is 5.54. The van der Waals surface area contributed by atoms with Crippen molar-refractivity contribution in [2.45, 2.75) is 13.1 Å². The fraction of sp³-hybridized carbons (Fsp3) is 0.400. The summed E-state index contributed by atoms with van der Waals surface area (Å²) < 4.78 is 21.4. The van der Waals surface area contributed by atoms with Gasteiger partial charge in [-0.15, -0.1) is 0 Å². The molecule has 0 aromatic heterocycles. The second-order valence-corrected chi connectivity index (χ2v) is 5.94. The number of benzene rings is 2. The number of ether oxygens (including phenoxy) is 4. The number of rotatable bonds is 10. The van der Waals surface area contributed by atoms with Crippen LogP contribution in [0.2, 0.25) is 0 Å². The van der Waals surface area contributed by atoms with Crippen molar-refractivity contribution in [2.24, 2.45) is 5.73 Å². The molecule has 0 spiro atoms. The van der Waals surface area contributed by atoms with Crippen molar-refractivity contribution >= 4 is 0 Å². The lowest BCUT2D eigenvalue weighted by Crippen LogP contribution is -2.28. The highest BCUT2D eigenvalue weighted by atomic mass is 16.5. The molecular formula is C20H28N2O4. The van der Waals surface area contributed by atoms with E-state index >= 15 is 0 Å². The van der Waals surface area contributed by atoms with Crippen LogP contribution in [0.15, 0.2) is 36.4 Å². The second-order valence-electron chi connectivity index (χ2n) is 5.94. The van der Waals surface area contributed by atoms with E-state index in [2.05, 4.69) is 4.90 Å². The Kier molecular flexibility index (Phi) is 7.56. The molecule has 0 unspecified atom stereocenters. The predicted octanol–water partition coefficient (Wildman–Crippen LogP) is 2.68. The average molecular weight is 360 g/mol. The summed E-state index contributed by atoms with van der Waals surface area (Å²) in [5.74, 6) is 3.09. The average Bonchev–Trinajstić information content (AvgIpc) is 2.67. The Morgan fingerprint density at radius 1 is 0.654 bits per heavy atom. The minimum absolute atomic E-state index is 0.572. The van der Waals surface area contributed by atoms with E-state index in [9.17, 15) is 0 Å². The lowest BCUT2D eigenvalue weighted by molar-refractivity contribution is 0.262. The van der Waals surface area contributed by atoms with E-state index in [1.807, 2.05) is 36.4 Å². The van der Waals surface area contributed by atoms with E-state index in [4.69, 9.17) is 24.7 Å². The molecule has 0 radical (unpaired) electrons. The number of hydrogen-bond acceptors (Lipinski definition) is 6. The van der Waals surface area contributed by atoms with Crippen LogP contribution in [-0.4, -0.2) is 46.4 Å². The largest absolute Gasteiger partial charge is 0.497 e. The van der Waals surface area contributed by atoms with Crippen LogP contribution in [0.3, 0.4) is 0 Å². The molecule has 2 N–H and O–H groups in total. The lowest BCUT2D eigenvalue weighted by atomic mass is 10.1. The van der Waals surface area contributed by atoms with Crippen molar-refractivity contribution < 1.29 is 18.9 Å². The van der Waals surface area contributed by atoms with Crippen LogP contribution >= 0.6 is 0 Å². The first-order valence-electron chi connectivity index (χ1n) is 8.48. The molecule has 0 fully saturated rings. The summed E-state index contributed by atoms with van der Waals surface area (Å²) >= 11 is 0. The second kappa shape index (κ2) is 9.89. The molecule has 0 amide bonds. The van der Waals surface area contributed by atoms with Crippen LogP contribution in [0.4, 0.5) is 0 Å². The van der Waals surface area contributed by atoms with E-state index in [1.54, 1.807) is 28.4 Å². The first kappa shape index (κ1) is 19.9. The van der Waals surface area contributed by atoms with Gasteiger partial charge in [0.15, 0.2) is 0 Å². The molecule has 0 aliphatic rings. The minimum atomic E-state index is 0.572. The third-order valence-electron chi connectivity index (χ3n) is 4.08. The van der Waals surface area contributed by atoms with Crippen LogP contribution in [0.1, 0.15) is 11.1 Å². The quantitative estimate of drug-likeness (QED) is 0.703. The van der Waals surface area contributed by atoms with Crippen LogP contribution in [0, 0.1) is 0 Å². The molecular weight excluding hydrogens is 332 g/mol. The van der Waals surface area contributed by atoms with Crippen molar-refractivity contribution in [3.63, 3.8) is 0 Å². The van der Waals surface area contributed by atoms with E-state index in [1.165, 1.54) is 0 Å². The Morgan fingerprint density at radius 3 is 1.27 bits per heavy atom. The Bertz CT molecular complexity index is 604. The summed E-state index contributed by atoms with van der Waals surface area (Å²) in [4.78, 5) is 2.27. The van der Waals surface area contributed by atoms with Gasteiger partial charge in [0.1, 0.15) is 23.0 Å². The summed E-state index contributed by atoms with van der Waals surface area (Å²) in [5, 5.41) is 0. The van der Waals surface area contributed by atoms with Gasteiger partial charge in [0.25, 0.3) is 0 Å². The zero-order valence-electron chi connectivity index (χ0n) is 16.0. The molecule has 0 saturated carbocycles. The summed E-state index contributed by atoms with van der Waals surface area (Å²) in [6, 6.07) is 11.8. The van der Waals surface area contributed by atoms with Gasteiger partial charge in [0.05, 0.1) is 28.4 Å². The number of methoxy groups -OCH3 is 4. The highest BCUT2D eigenvalue weighted by molar-refractivity contribution is 5.39. The van der Waals surface area contributed by atoms with Crippen molar-refractivity contribution in [3.05, 3.63) is 47.5 Å². The monoisotopic (exact) mass is 360 g/mol. The topological polar surface area (TPSA) is 66.2 Å². The lowest BCUT2D eigenvalue weighted by Gasteiger charge is -2.23. The summed E-state index contributed by atoms with van der Waals surface area (Å²) in [7, 11) is 6.61. The Hall–Kier alpha value is -2.44. The first-order chi connectivity index (χ1) is 12.6. The molecule has 2 aromatic carbocycles. The molecule has 0 saturated heterocycles. The SMILES string of the molecule is COc1cc(CN(CCN)Cc2cc(OC)cc(OC)c2)cc(OC)c1. The number of nitrogens with two attached hydrogens (primary N) is 1. The molecule has 6 heteroatoms. The number of nitrogens with zero attached hydrogens (tertiary/aromatic N) is 1. The molecule has 6 nitrogen and oxygen atoms in total. The maximum atomic E-state index is 5.82. The molecule has 0 aliphatic heterocycles. The van der Waals surface area contributed by atoms with Gasteiger partial charge < -0.3 is 24.7 Å². The fourth-order valence-electron chi connectivity index (χ4n) is 2.83. The Morgan fingerprint density at radius 2 is 1.00 bits per heavy atom. The van der Waals surface area contributed by atoms with Gasteiger partial charge in [-0.1, -0.05) is 0 Å². The molecule has 2 rings (SSSR count). The zero-order chi connectivity index (χ0) is 18.9. The van der Waals surface area contributed by atoms with Crippen LogP contribution < -0.4 is 24.7 Å². The van der Waals surface area contributed by atoms with Crippen molar-refractivity contribution in [1.82, 2.24) is 4.90 Å². The van der Waals surface area contributed by atoms with Gasteiger partial charge in [-0.3, -0.25) is 4.90 Å². The molecule has 0 bridgehead atoms. The van der Waals surface area contributed by atoms with E-state index in [0.29, 0.717) is 6.54 Å². The van der Waals surface area contributed by atoms with Crippen LogP contribution in [0.5, 0.6) is 23.0 Å². The predicted molar refractivity (Wildman–Crippen MR) is 102 cm³/mol. The molecule has 142 valence electrons. The molecule has 0 aliphatic carbocycles. The van der Waals surface area contributed by atoms with Gasteiger partial charge in [0.2, 0.25) is 0 Å². The summed E-state index contributed by atoms with van der Waals surface area (Å²) in [5.41, 5.74) is 8.02. The maximum absolute atomic E-state index is 5.82. The molecule has 0 atom stereocenters. The fourth-order valence-corrected chi connectivity index (χ4v) is 2.83. The van der Waals surface area contributed by atoms with Crippen molar-refractivity contribution in [2.75, 3.05) is 41.5 Å². The van der Waals surface area contributed by atoms with Gasteiger partial charge in [-0.05, 0) is 35.4 Å². The summed E-state index contributed by atoms with van der Waals surface area (Å²) in [6.45, 7) is 2.79. The van der Waals surface area contributed by atoms with Crippen molar-refractivity contribution in [1.29, 1.82) is 0 Å². The molecule has 0 heterocycles. The van der Waals surface area contributed by atoms with Crippen LogP contribution in [-0.2, 0) is 13.1 Å². The van der Waals surface area contributed by atoms with Crippen LogP contribution in [0.25, 0.3) is 0 Å². The van der Waals surface area contributed by atoms with Gasteiger partial charge in [-0.2, -0.15) is 0 Å². The first-order valence-corrected chi connectivity index (χ1v) is 8.48. The van der Waals surface area contributed by atoms with Gasteiger partial charge in [-0.25, -0.2) is 0 Å². The maximum Gasteiger partial charge on any atom is 0.122 e. The normalized spacial score (nSPS) is 10.7. The zero-order valence-corrected chi connectivity index (χ0v) is 16.0. The highest BCUT2D eigenvalue weighted by Gasteiger charge is 2.11. The van der Waals surface area contributed by atoms with E-state index in [0.717, 1.165) is 53.8 Å². The molecule has 26 heavy (non-hydrogen) atoms. The minimum Gasteiger partial charge on any atom is -0.497 e. The Labute approximate surface area is 155 Å². The van der Waals surface area contributed by atoms with E-state index < -0.39 is 0 Å². The smallest absolute Gasteiger partial charge is 0.122 e. The standard InChI is InChI=1S/C20H28N2O4/c1-23-17-7-15(8-18(11-17)24-2)13-22(6-5-21)14-16-9-19(25-3)12-20(10-16)26-4/h7-12H,5-6,13-14,21H2,1-4H3. The molecule has 2 aromatic rings. The third-order valence-corrected chi connectivity index (χ3v) is 4.08. The van der Waals surface area contributed by atoms with Crippen molar-refractivity contribution in [3.8, 4) is 23.0 Å². The van der Waals surface area contributed by atoms with Gasteiger partial charge >= 0.3 is 0 Å².